The Balaban J connectivity index is 2.62. The van der Waals surface area contributed by atoms with Gasteiger partial charge in [0.15, 0.2) is 0 Å². The van der Waals surface area contributed by atoms with Crippen LogP contribution in [0, 0.1) is 5.41 Å². The van der Waals surface area contributed by atoms with Crippen molar-refractivity contribution in [1.29, 1.82) is 0 Å². The summed E-state index contributed by atoms with van der Waals surface area (Å²) in [7, 11) is 4.28. The molecule has 0 heterocycles. The molecule has 0 aliphatic heterocycles. The van der Waals surface area contributed by atoms with Gasteiger partial charge in [0, 0.05) is 19.1 Å². The predicted octanol–water partition coefficient (Wildman–Crippen LogP) is 3.88. The monoisotopic (exact) mass is 276 g/mol. The first-order chi connectivity index (χ1) is 9.38. The van der Waals surface area contributed by atoms with E-state index in [0.29, 0.717) is 11.5 Å². The number of hydrogen-bond acceptors (Lipinski definition) is 2. The molecule has 0 amide bonds. The Hall–Kier alpha value is -0.860. The molecule has 1 N–H and O–H groups in total. The molecule has 0 saturated carbocycles. The third kappa shape index (κ3) is 5.64. The molecular formula is C18H32N2. The molecule has 0 fully saturated rings. The third-order valence-electron chi connectivity index (χ3n) is 3.77. The lowest BCUT2D eigenvalue weighted by Gasteiger charge is -2.31. The van der Waals surface area contributed by atoms with Crippen LogP contribution in [0.3, 0.4) is 0 Å². The second-order valence-electron chi connectivity index (χ2n) is 6.84. The van der Waals surface area contributed by atoms with Crippen LogP contribution >= 0.6 is 0 Å². The Bertz CT molecular complexity index is 379. The van der Waals surface area contributed by atoms with E-state index in [4.69, 9.17) is 0 Å². The normalized spacial score (nSPS) is 13.8. The van der Waals surface area contributed by atoms with Gasteiger partial charge in [-0.1, -0.05) is 52.0 Å². The summed E-state index contributed by atoms with van der Waals surface area (Å²) in [5.41, 5.74) is 3.11. The lowest BCUT2D eigenvalue weighted by Crippen LogP contribution is -2.38. The van der Waals surface area contributed by atoms with Crippen molar-refractivity contribution in [3.8, 4) is 0 Å². The van der Waals surface area contributed by atoms with E-state index in [9.17, 15) is 0 Å². The molecule has 0 aliphatic rings. The van der Waals surface area contributed by atoms with E-state index in [1.54, 1.807) is 0 Å². The summed E-state index contributed by atoms with van der Waals surface area (Å²) in [6.07, 6.45) is 2.24. The zero-order valence-corrected chi connectivity index (χ0v) is 14.2. The summed E-state index contributed by atoms with van der Waals surface area (Å²) in [5, 5.41) is 3.74. The van der Waals surface area contributed by atoms with Crippen LogP contribution in [0.1, 0.15) is 51.3 Å². The number of benzene rings is 1. The molecular weight excluding hydrogens is 244 g/mol. The Labute approximate surface area is 125 Å². The van der Waals surface area contributed by atoms with Gasteiger partial charge in [-0.25, -0.2) is 0 Å². The van der Waals surface area contributed by atoms with Gasteiger partial charge in [0.25, 0.3) is 0 Å². The first-order valence-electron chi connectivity index (χ1n) is 7.85. The smallest absolute Gasteiger partial charge is 0.0317 e. The van der Waals surface area contributed by atoms with E-state index in [0.717, 1.165) is 25.9 Å². The van der Waals surface area contributed by atoms with Gasteiger partial charge in [-0.3, -0.25) is 0 Å². The number of nitrogens with zero attached hydrogens (tertiary/aromatic N) is 1. The summed E-state index contributed by atoms with van der Waals surface area (Å²) in [4.78, 5) is 2.26. The fourth-order valence-corrected chi connectivity index (χ4v) is 2.79. The van der Waals surface area contributed by atoms with E-state index >= 15 is 0 Å². The molecule has 0 saturated heterocycles. The maximum absolute atomic E-state index is 3.74. The highest BCUT2D eigenvalue weighted by Gasteiger charge is 2.20. The molecule has 1 atom stereocenters. The molecule has 2 nitrogen and oxygen atoms in total. The van der Waals surface area contributed by atoms with Crippen molar-refractivity contribution < 1.29 is 0 Å². The fraction of sp³-hybridized carbons (Fsp3) is 0.667. The van der Waals surface area contributed by atoms with Gasteiger partial charge in [-0.15, -0.1) is 0 Å². The lowest BCUT2D eigenvalue weighted by molar-refractivity contribution is 0.224. The van der Waals surface area contributed by atoms with Crippen LogP contribution < -0.4 is 5.32 Å². The number of nitrogens with one attached hydrogen (secondary N) is 1. The average Bonchev–Trinajstić information content (AvgIpc) is 2.38. The van der Waals surface area contributed by atoms with Gasteiger partial charge < -0.3 is 10.2 Å². The van der Waals surface area contributed by atoms with Crippen molar-refractivity contribution in [2.24, 2.45) is 5.41 Å². The van der Waals surface area contributed by atoms with E-state index < -0.39 is 0 Å². The van der Waals surface area contributed by atoms with Gasteiger partial charge in [-0.05, 0) is 43.5 Å². The lowest BCUT2D eigenvalue weighted by atomic mass is 9.91. The minimum Gasteiger partial charge on any atom is -0.309 e. The van der Waals surface area contributed by atoms with Crippen LogP contribution in [0.4, 0.5) is 0 Å². The average molecular weight is 276 g/mol. The zero-order valence-electron chi connectivity index (χ0n) is 14.2. The van der Waals surface area contributed by atoms with Gasteiger partial charge in [0.2, 0.25) is 0 Å². The fourth-order valence-electron chi connectivity index (χ4n) is 2.79. The summed E-state index contributed by atoms with van der Waals surface area (Å²) in [6, 6.07) is 9.52. The molecule has 0 radical (unpaired) electrons. The van der Waals surface area contributed by atoms with Crippen LogP contribution in [0.2, 0.25) is 0 Å². The van der Waals surface area contributed by atoms with E-state index in [1.807, 2.05) is 0 Å². The summed E-state index contributed by atoms with van der Waals surface area (Å²) < 4.78 is 0. The largest absolute Gasteiger partial charge is 0.309 e. The molecule has 1 rings (SSSR count). The van der Waals surface area contributed by atoms with Crippen molar-refractivity contribution in [2.45, 2.75) is 46.6 Å². The van der Waals surface area contributed by atoms with Gasteiger partial charge in [-0.2, -0.15) is 0 Å². The van der Waals surface area contributed by atoms with Crippen LogP contribution in [-0.4, -0.2) is 32.1 Å². The Kier molecular flexibility index (Phi) is 6.70. The predicted molar refractivity (Wildman–Crippen MR) is 89.2 cm³/mol. The Morgan fingerprint density at radius 1 is 1.10 bits per heavy atom. The standard InChI is InChI=1S/C18H32N2/c1-7-15-9-11-16(12-10-15)17(8-2)19-13-18(3,4)14-20(5)6/h9-12,17,19H,7-8,13-14H2,1-6H3. The van der Waals surface area contributed by atoms with Gasteiger partial charge >= 0.3 is 0 Å². The van der Waals surface area contributed by atoms with Crippen molar-refractivity contribution in [2.75, 3.05) is 27.2 Å². The van der Waals surface area contributed by atoms with E-state index in [-0.39, 0.29) is 0 Å². The first kappa shape index (κ1) is 17.2. The molecule has 2 heteroatoms. The maximum atomic E-state index is 3.74. The van der Waals surface area contributed by atoms with Gasteiger partial charge in [0.1, 0.15) is 0 Å². The van der Waals surface area contributed by atoms with Crippen LogP contribution in [0.15, 0.2) is 24.3 Å². The molecule has 0 spiro atoms. The molecule has 0 aromatic heterocycles. The van der Waals surface area contributed by atoms with Crippen LogP contribution in [0.5, 0.6) is 0 Å². The second kappa shape index (κ2) is 7.80. The quantitative estimate of drug-likeness (QED) is 0.775. The summed E-state index contributed by atoms with van der Waals surface area (Å²) in [6.45, 7) is 11.3. The van der Waals surface area contributed by atoms with Crippen molar-refractivity contribution in [3.05, 3.63) is 35.4 Å². The summed E-state index contributed by atoms with van der Waals surface area (Å²) in [5.74, 6) is 0. The maximum Gasteiger partial charge on any atom is 0.0317 e. The molecule has 20 heavy (non-hydrogen) atoms. The summed E-state index contributed by atoms with van der Waals surface area (Å²) >= 11 is 0. The van der Waals surface area contributed by atoms with E-state index in [1.165, 1.54) is 11.1 Å². The highest BCUT2D eigenvalue weighted by atomic mass is 15.1. The van der Waals surface area contributed by atoms with Crippen LogP contribution in [0.25, 0.3) is 0 Å². The highest BCUT2D eigenvalue weighted by Crippen LogP contribution is 2.21. The number of rotatable bonds is 8. The molecule has 1 aromatic rings. The molecule has 1 aromatic carbocycles. The van der Waals surface area contributed by atoms with Gasteiger partial charge in [0.05, 0.1) is 0 Å². The van der Waals surface area contributed by atoms with Crippen LogP contribution in [-0.2, 0) is 6.42 Å². The number of aryl methyl sites for hydroxylation is 1. The minimum absolute atomic E-state index is 0.292. The highest BCUT2D eigenvalue weighted by molar-refractivity contribution is 5.25. The topological polar surface area (TPSA) is 15.3 Å². The Morgan fingerprint density at radius 3 is 2.15 bits per heavy atom. The van der Waals surface area contributed by atoms with Crippen molar-refractivity contribution in [3.63, 3.8) is 0 Å². The zero-order chi connectivity index (χ0) is 15.2. The molecule has 0 bridgehead atoms. The number of hydrogen-bond donors (Lipinski definition) is 1. The van der Waals surface area contributed by atoms with Crippen molar-refractivity contribution >= 4 is 0 Å². The molecule has 114 valence electrons. The molecule has 0 aliphatic carbocycles. The molecule has 1 unspecified atom stereocenters. The Morgan fingerprint density at radius 2 is 1.70 bits per heavy atom. The third-order valence-corrected chi connectivity index (χ3v) is 3.77. The first-order valence-corrected chi connectivity index (χ1v) is 7.85. The van der Waals surface area contributed by atoms with E-state index in [2.05, 4.69) is 76.3 Å². The second-order valence-corrected chi connectivity index (χ2v) is 6.84. The SMILES string of the molecule is CCc1ccc(C(CC)NCC(C)(C)CN(C)C)cc1. The van der Waals surface area contributed by atoms with Crippen molar-refractivity contribution in [1.82, 2.24) is 10.2 Å². The minimum atomic E-state index is 0.292.